The zero-order chi connectivity index (χ0) is 40.8. The van der Waals surface area contributed by atoms with Gasteiger partial charge < -0.3 is 56.2 Å². The van der Waals surface area contributed by atoms with Gasteiger partial charge >= 0.3 is 11.9 Å². The molecule has 0 unspecified atom stereocenters. The minimum Gasteiger partial charge on any atom is -0.480 e. The van der Waals surface area contributed by atoms with E-state index in [1.165, 1.54) is 51.4 Å². The fourth-order valence-corrected chi connectivity index (χ4v) is 5.25. The van der Waals surface area contributed by atoms with Crippen LogP contribution in [0.4, 0.5) is 0 Å². The zero-order valence-corrected chi connectivity index (χ0v) is 33.2. The number of aliphatic carboxylic acids is 2. The van der Waals surface area contributed by atoms with Crippen LogP contribution in [0.3, 0.4) is 0 Å². The highest BCUT2D eigenvalue weighted by Gasteiger charge is 2.20. The molecule has 0 saturated carbocycles. The molecule has 0 radical (unpaired) electrons. The van der Waals surface area contributed by atoms with Crippen LogP contribution in [0.2, 0.25) is 0 Å². The Morgan fingerprint density at radius 3 is 1.47 bits per heavy atom. The fourth-order valence-electron chi connectivity index (χ4n) is 5.25. The number of hydrogen-bond donors (Lipinski definition) is 7. The van der Waals surface area contributed by atoms with Crippen LogP contribution < -0.4 is 27.0 Å². The number of nitrogens with two attached hydrogens (primary N) is 1. The van der Waals surface area contributed by atoms with Crippen molar-refractivity contribution in [3.63, 3.8) is 0 Å². The summed E-state index contributed by atoms with van der Waals surface area (Å²) in [5, 5.41) is 28.7. The van der Waals surface area contributed by atoms with Crippen molar-refractivity contribution in [3.05, 3.63) is 0 Å². The second-order valence-electron chi connectivity index (χ2n) is 13.5. The van der Waals surface area contributed by atoms with Gasteiger partial charge in [0.25, 0.3) is 0 Å². The molecule has 0 aromatic rings. The molecule has 2 atom stereocenters. The van der Waals surface area contributed by atoms with Gasteiger partial charge in [0.15, 0.2) is 0 Å². The van der Waals surface area contributed by atoms with E-state index in [1.807, 2.05) is 0 Å². The van der Waals surface area contributed by atoms with Gasteiger partial charge in [-0.2, -0.15) is 0 Å². The van der Waals surface area contributed by atoms with Crippen molar-refractivity contribution in [2.45, 2.75) is 135 Å². The summed E-state index contributed by atoms with van der Waals surface area (Å²) in [6, 6.07) is -2.01. The molecule has 0 aliphatic rings. The minimum absolute atomic E-state index is 0.0124. The lowest BCUT2D eigenvalue weighted by molar-refractivity contribution is -0.142. The summed E-state index contributed by atoms with van der Waals surface area (Å²) in [5.41, 5.74) is 5.42. The number of ether oxygens (including phenoxy) is 4. The Morgan fingerprint density at radius 1 is 0.491 bits per heavy atom. The van der Waals surface area contributed by atoms with E-state index in [9.17, 15) is 33.9 Å². The summed E-state index contributed by atoms with van der Waals surface area (Å²) in [6.07, 6.45) is 16.0. The zero-order valence-electron chi connectivity index (χ0n) is 33.2. The fraction of sp³-hybridized carbons (Fsp3) is 0.842. The first-order valence-electron chi connectivity index (χ1n) is 20.2. The Hall–Kier alpha value is -3.38. The number of unbranched alkanes of at least 4 members (excludes halogenated alkanes) is 12. The first-order valence-corrected chi connectivity index (χ1v) is 20.2. The first kappa shape index (κ1) is 51.6. The SMILES string of the molecule is CCCCCCCCCCCCCCC(=O)N[C@@H](CCC(=O)NCCOCCOCC(=O)NCCOCCOCC(=O)NCCCC[C@H](N)C(=O)O)C(=O)O. The van der Waals surface area contributed by atoms with E-state index in [1.54, 1.807) is 0 Å². The number of carboxylic acids is 2. The van der Waals surface area contributed by atoms with Crippen molar-refractivity contribution in [3.8, 4) is 0 Å². The van der Waals surface area contributed by atoms with E-state index < -0.39 is 24.0 Å². The van der Waals surface area contributed by atoms with Crippen molar-refractivity contribution in [2.75, 3.05) is 72.5 Å². The van der Waals surface area contributed by atoms with Gasteiger partial charge in [-0.1, -0.05) is 77.6 Å². The molecule has 55 heavy (non-hydrogen) atoms. The molecule has 4 amide bonds. The number of carbonyl (C=O) groups is 6. The summed E-state index contributed by atoms with van der Waals surface area (Å²) in [5.74, 6) is -3.48. The summed E-state index contributed by atoms with van der Waals surface area (Å²) in [7, 11) is 0. The number of hydrogen-bond acceptors (Lipinski definition) is 11. The molecule has 0 spiro atoms. The lowest BCUT2D eigenvalue weighted by Crippen LogP contribution is -2.41. The number of nitrogens with one attached hydrogen (secondary N) is 4. The van der Waals surface area contributed by atoms with Crippen molar-refractivity contribution >= 4 is 35.6 Å². The molecular formula is C38H71N5O12. The summed E-state index contributed by atoms with van der Waals surface area (Å²) in [6.45, 7) is 4.10. The third-order valence-electron chi connectivity index (χ3n) is 8.48. The normalized spacial score (nSPS) is 12.1. The molecule has 17 nitrogen and oxygen atoms in total. The first-order chi connectivity index (χ1) is 26.6. The maximum atomic E-state index is 12.3. The van der Waals surface area contributed by atoms with Crippen LogP contribution >= 0.6 is 0 Å². The monoisotopic (exact) mass is 790 g/mol. The van der Waals surface area contributed by atoms with Gasteiger partial charge in [-0.3, -0.25) is 24.0 Å². The molecule has 17 heteroatoms. The predicted octanol–water partition coefficient (Wildman–Crippen LogP) is 2.42. The number of carbonyl (C=O) groups excluding carboxylic acids is 4. The van der Waals surface area contributed by atoms with E-state index in [0.29, 0.717) is 32.2 Å². The quantitative estimate of drug-likeness (QED) is 0.0441. The van der Waals surface area contributed by atoms with Crippen LogP contribution in [0.15, 0.2) is 0 Å². The van der Waals surface area contributed by atoms with E-state index in [2.05, 4.69) is 28.2 Å². The summed E-state index contributed by atoms with van der Waals surface area (Å²) < 4.78 is 21.2. The molecular weight excluding hydrogens is 718 g/mol. The van der Waals surface area contributed by atoms with Gasteiger partial charge in [0.1, 0.15) is 25.3 Å². The van der Waals surface area contributed by atoms with Crippen molar-refractivity contribution < 1.29 is 57.9 Å². The van der Waals surface area contributed by atoms with Gasteiger partial charge in [0.2, 0.25) is 23.6 Å². The Morgan fingerprint density at radius 2 is 0.964 bits per heavy atom. The van der Waals surface area contributed by atoms with Crippen molar-refractivity contribution in [1.82, 2.24) is 21.3 Å². The van der Waals surface area contributed by atoms with Crippen molar-refractivity contribution in [2.24, 2.45) is 5.73 Å². The van der Waals surface area contributed by atoms with Crippen LogP contribution in [0, 0.1) is 0 Å². The highest BCUT2D eigenvalue weighted by Crippen LogP contribution is 2.12. The van der Waals surface area contributed by atoms with Crippen LogP contribution in [0.25, 0.3) is 0 Å². The Balaban J connectivity index is 3.65. The lowest BCUT2D eigenvalue weighted by Gasteiger charge is -2.14. The van der Waals surface area contributed by atoms with E-state index in [0.717, 1.165) is 19.3 Å². The molecule has 0 bridgehead atoms. The highest BCUT2D eigenvalue weighted by atomic mass is 16.5. The molecule has 0 aromatic carbocycles. The van der Waals surface area contributed by atoms with Crippen LogP contribution in [0.5, 0.6) is 0 Å². The molecule has 8 N–H and O–H groups in total. The largest absolute Gasteiger partial charge is 0.480 e. The predicted molar refractivity (Wildman–Crippen MR) is 206 cm³/mol. The van der Waals surface area contributed by atoms with Crippen LogP contribution in [-0.2, 0) is 47.7 Å². The Bertz CT molecular complexity index is 1040. The standard InChI is InChI=1S/C38H71N5O12/c1-2-3-4-5-6-7-8-9-10-11-12-13-17-34(45)43-32(38(50)51)18-19-33(44)41-21-23-52-25-28-55-30-36(47)42-22-24-53-26-27-54-29-35(46)40-20-15-14-16-31(39)37(48)49/h31-32H,2-30,39H2,1H3,(H,40,46)(H,41,44)(H,42,47)(H,43,45)(H,48,49)(H,50,51)/t31-,32-/m0/s1. The molecule has 0 aromatic heterocycles. The topological polar surface area (TPSA) is 254 Å². The molecule has 0 fully saturated rings. The van der Waals surface area contributed by atoms with Gasteiger partial charge in [0, 0.05) is 32.5 Å². The number of carboxylic acid groups (broad SMARTS) is 2. The summed E-state index contributed by atoms with van der Waals surface area (Å²) in [4.78, 5) is 70.2. The number of rotatable bonds is 40. The molecule has 0 aliphatic carbocycles. The third-order valence-corrected chi connectivity index (χ3v) is 8.48. The van der Waals surface area contributed by atoms with Crippen LogP contribution in [-0.4, -0.2) is 130 Å². The van der Waals surface area contributed by atoms with E-state index >= 15 is 0 Å². The number of amides is 4. The molecule has 0 rings (SSSR count). The second-order valence-corrected chi connectivity index (χ2v) is 13.5. The maximum absolute atomic E-state index is 12.3. The van der Waals surface area contributed by atoms with Gasteiger partial charge in [0.05, 0.1) is 39.6 Å². The van der Waals surface area contributed by atoms with Gasteiger partial charge in [-0.05, 0) is 32.1 Å². The van der Waals surface area contributed by atoms with Crippen molar-refractivity contribution in [1.29, 1.82) is 0 Å². The maximum Gasteiger partial charge on any atom is 0.326 e. The van der Waals surface area contributed by atoms with E-state index in [4.69, 9.17) is 29.8 Å². The second kappa shape index (κ2) is 37.5. The average molecular weight is 790 g/mol. The Kier molecular flexibility index (Phi) is 35.2. The third kappa shape index (κ3) is 36.0. The van der Waals surface area contributed by atoms with Gasteiger partial charge in [-0.15, -0.1) is 0 Å². The highest BCUT2D eigenvalue weighted by molar-refractivity contribution is 5.84. The summed E-state index contributed by atoms with van der Waals surface area (Å²) >= 11 is 0. The minimum atomic E-state index is -1.17. The molecule has 0 aliphatic heterocycles. The van der Waals surface area contributed by atoms with Crippen LogP contribution in [0.1, 0.15) is 122 Å². The smallest absolute Gasteiger partial charge is 0.326 e. The molecule has 0 heterocycles. The molecule has 320 valence electrons. The Labute approximate surface area is 327 Å². The average Bonchev–Trinajstić information content (AvgIpc) is 3.15. The van der Waals surface area contributed by atoms with Gasteiger partial charge in [-0.25, -0.2) is 4.79 Å². The van der Waals surface area contributed by atoms with E-state index in [-0.39, 0.29) is 109 Å². The molecule has 0 saturated heterocycles. The lowest BCUT2D eigenvalue weighted by atomic mass is 10.0.